The van der Waals surface area contributed by atoms with E-state index in [1.165, 1.54) is 6.07 Å². The predicted octanol–water partition coefficient (Wildman–Crippen LogP) is 3.90. The monoisotopic (exact) mass is 492 g/mol. The average Bonchev–Trinajstić information content (AvgIpc) is 3.46. The van der Waals surface area contributed by atoms with E-state index in [9.17, 15) is 18.0 Å². The summed E-state index contributed by atoms with van der Waals surface area (Å²) in [5.74, 6) is -4.40. The van der Waals surface area contributed by atoms with Crippen LogP contribution in [0.3, 0.4) is 0 Å². The van der Waals surface area contributed by atoms with Gasteiger partial charge in [0.1, 0.15) is 17.2 Å². The summed E-state index contributed by atoms with van der Waals surface area (Å²) in [4.78, 5) is 13.5. The Morgan fingerprint density at radius 3 is 2.51 bits per heavy atom. The molecule has 5 rings (SSSR count). The number of likely N-dealkylation sites (tertiary alicyclic amines) is 1. The van der Waals surface area contributed by atoms with Crippen molar-refractivity contribution in [2.45, 2.75) is 31.7 Å². The van der Waals surface area contributed by atoms with Gasteiger partial charge in [-0.1, -0.05) is 0 Å². The number of hydrogen-bond donors (Lipinski definition) is 1. The Morgan fingerprint density at radius 2 is 1.89 bits per heavy atom. The number of halogens is 3. The number of carbonyl (C=O) groups is 1. The van der Waals surface area contributed by atoms with Crippen LogP contribution in [-0.4, -0.2) is 67.0 Å². The van der Waals surface area contributed by atoms with Crippen molar-refractivity contribution in [3.05, 3.63) is 41.2 Å². The number of nitrogens with zero attached hydrogens (tertiary/aromatic N) is 3. The number of benzene rings is 1. The lowest BCUT2D eigenvalue weighted by Crippen LogP contribution is -2.32. The van der Waals surface area contributed by atoms with E-state index in [4.69, 9.17) is 7.48 Å². The van der Waals surface area contributed by atoms with Gasteiger partial charge in [-0.05, 0) is 61.6 Å². The zero-order valence-electron chi connectivity index (χ0n) is 21.4. The first-order valence-electron chi connectivity index (χ1n) is 12.9. The van der Waals surface area contributed by atoms with Crippen LogP contribution >= 0.6 is 0 Å². The zero-order chi connectivity index (χ0) is 26.3. The molecule has 35 heavy (non-hydrogen) atoms. The highest BCUT2D eigenvalue weighted by Crippen LogP contribution is 2.40. The molecule has 1 unspecified atom stereocenters. The van der Waals surface area contributed by atoms with Crippen LogP contribution in [0.2, 0.25) is 0 Å². The number of nitrogens with one attached hydrogen (secondary N) is 1. The van der Waals surface area contributed by atoms with Crippen molar-refractivity contribution in [1.82, 2.24) is 15.1 Å². The minimum atomic E-state index is -1.64. The Hall–Kier alpha value is -2.72. The van der Waals surface area contributed by atoms with Crippen LogP contribution in [0, 0.1) is 35.2 Å². The molecule has 1 aromatic heterocycles. The first-order valence-corrected chi connectivity index (χ1v) is 11.9. The van der Waals surface area contributed by atoms with Crippen LogP contribution in [0.25, 0.3) is 11.3 Å². The quantitative estimate of drug-likeness (QED) is 0.484. The molecule has 0 spiro atoms. The molecule has 3 atom stereocenters. The van der Waals surface area contributed by atoms with E-state index in [0.29, 0.717) is 36.9 Å². The molecule has 2 aromatic rings. The van der Waals surface area contributed by atoms with Crippen molar-refractivity contribution in [2.24, 2.45) is 17.8 Å². The Balaban J connectivity index is 1.21. The van der Waals surface area contributed by atoms with Crippen LogP contribution < -0.4 is 5.32 Å². The summed E-state index contributed by atoms with van der Waals surface area (Å²) in [6, 6.07) is 3.81. The predicted molar refractivity (Wildman–Crippen MR) is 122 cm³/mol. The molecule has 3 aliphatic rings. The van der Waals surface area contributed by atoms with Crippen LogP contribution in [0.15, 0.2) is 18.2 Å². The molecule has 0 radical (unpaired) electrons. The molecule has 0 bridgehead atoms. The van der Waals surface area contributed by atoms with Gasteiger partial charge in [0.2, 0.25) is 0 Å². The fourth-order valence-corrected chi connectivity index (χ4v) is 5.44. The van der Waals surface area contributed by atoms with Gasteiger partial charge < -0.3 is 19.7 Å². The van der Waals surface area contributed by atoms with E-state index < -0.39 is 41.0 Å². The van der Waals surface area contributed by atoms with Gasteiger partial charge in [-0.2, -0.15) is 0 Å². The second-order valence-corrected chi connectivity index (χ2v) is 9.46. The number of hydrogen-bond acceptors (Lipinski definition) is 7. The number of esters is 1. The summed E-state index contributed by atoms with van der Waals surface area (Å²) in [6.07, 6.45) is 3.23. The van der Waals surface area contributed by atoms with E-state index in [1.54, 1.807) is 6.07 Å². The number of fused-ring (bicyclic) bond motifs is 1. The van der Waals surface area contributed by atoms with E-state index >= 15 is 0 Å². The van der Waals surface area contributed by atoms with Crippen LogP contribution in [0.5, 0.6) is 0 Å². The molecule has 7 nitrogen and oxygen atoms in total. The van der Waals surface area contributed by atoms with Crippen molar-refractivity contribution in [1.29, 1.82) is 0 Å². The van der Waals surface area contributed by atoms with Gasteiger partial charge in [0.15, 0.2) is 11.6 Å². The third-order valence-corrected chi connectivity index (χ3v) is 7.18. The average molecular weight is 493 g/mol. The number of methoxy groups -OCH3 is 1. The van der Waals surface area contributed by atoms with Crippen molar-refractivity contribution in [3.8, 4) is 11.3 Å². The highest BCUT2D eigenvalue weighted by atomic mass is 19.2. The van der Waals surface area contributed by atoms with E-state index in [2.05, 4.69) is 20.3 Å². The van der Waals surface area contributed by atoms with Crippen LogP contribution in [-0.2, 0) is 9.47 Å². The minimum absolute atomic E-state index is 0.00811. The summed E-state index contributed by atoms with van der Waals surface area (Å²) in [5, 5.41) is 11.3. The third-order valence-electron chi connectivity index (χ3n) is 7.18. The van der Waals surface area contributed by atoms with Gasteiger partial charge in [-0.15, -0.1) is 10.2 Å². The summed E-state index contributed by atoms with van der Waals surface area (Å²) in [7, 11) is 0.948. The largest absolute Gasteiger partial charge is 0.465 e. The van der Waals surface area contributed by atoms with Crippen molar-refractivity contribution in [3.63, 3.8) is 0 Å². The minimum Gasteiger partial charge on any atom is -0.465 e. The lowest BCUT2D eigenvalue weighted by Gasteiger charge is -2.27. The molecular formula is C25H29F3N4O3. The molecule has 10 heteroatoms. The van der Waals surface area contributed by atoms with Crippen molar-refractivity contribution < 1.29 is 30.2 Å². The van der Waals surface area contributed by atoms with Crippen LogP contribution in [0.1, 0.15) is 38.8 Å². The number of anilines is 1. The fraction of sp³-hybridized carbons (Fsp3) is 0.560. The van der Waals surface area contributed by atoms with Gasteiger partial charge in [0.25, 0.3) is 0 Å². The van der Waals surface area contributed by atoms with Crippen LogP contribution in [0.4, 0.5) is 19.0 Å². The van der Waals surface area contributed by atoms with E-state index in [-0.39, 0.29) is 17.7 Å². The SMILES string of the molecule is [2H]C([2H])(C1CCOCC1)N1C[C@H]2CC(Nc3ccc(-c4cc(F)c(C(=O)OC)c(F)c4F)nn3)C[C@H]2C1. The van der Waals surface area contributed by atoms with Gasteiger partial charge >= 0.3 is 5.97 Å². The van der Waals surface area contributed by atoms with Crippen molar-refractivity contribution in [2.75, 3.05) is 45.2 Å². The number of rotatable bonds is 6. The van der Waals surface area contributed by atoms with Gasteiger partial charge in [0.05, 0.1) is 12.8 Å². The lowest BCUT2D eigenvalue weighted by atomic mass is 10.00. The molecule has 2 saturated heterocycles. The maximum atomic E-state index is 14.5. The topological polar surface area (TPSA) is 76.6 Å². The highest BCUT2D eigenvalue weighted by molar-refractivity contribution is 5.90. The van der Waals surface area contributed by atoms with Gasteiger partial charge in [0, 0.05) is 47.1 Å². The highest BCUT2D eigenvalue weighted by Gasteiger charge is 2.41. The molecule has 2 aliphatic heterocycles. The fourth-order valence-electron chi connectivity index (χ4n) is 5.44. The van der Waals surface area contributed by atoms with E-state index in [0.717, 1.165) is 45.9 Å². The lowest BCUT2D eigenvalue weighted by molar-refractivity contribution is 0.0545. The molecule has 1 aliphatic carbocycles. The summed E-state index contributed by atoms with van der Waals surface area (Å²) < 4.78 is 70.3. The summed E-state index contributed by atoms with van der Waals surface area (Å²) in [5.41, 5.74) is -1.62. The molecule has 1 N–H and O–H groups in total. The molecular weight excluding hydrogens is 461 g/mol. The Morgan fingerprint density at radius 1 is 1.17 bits per heavy atom. The van der Waals surface area contributed by atoms with Gasteiger partial charge in [-0.3, -0.25) is 0 Å². The molecule has 3 heterocycles. The first kappa shape index (κ1) is 21.6. The number of ether oxygens (including phenoxy) is 2. The molecule has 3 fully saturated rings. The first-order chi connectivity index (χ1) is 17.7. The van der Waals surface area contributed by atoms with E-state index in [1.807, 2.05) is 4.90 Å². The molecule has 1 saturated carbocycles. The smallest absolute Gasteiger partial charge is 0.343 e. The second-order valence-electron chi connectivity index (χ2n) is 9.46. The second kappa shape index (κ2) is 10.1. The maximum Gasteiger partial charge on any atom is 0.343 e. The zero-order valence-corrected chi connectivity index (χ0v) is 19.4. The third kappa shape index (κ3) is 4.99. The molecule has 0 amide bonds. The number of carbonyl (C=O) groups excluding carboxylic acids is 1. The molecule has 1 aromatic carbocycles. The Kier molecular flexibility index (Phi) is 6.22. The Bertz CT molecular complexity index is 1150. The normalized spacial score (nSPS) is 26.2. The standard InChI is InChI=1S/C25H29F3N4O3/c1-34-25(33)22-19(26)10-18(23(27)24(22)28)20-2-3-21(31-30-20)29-17-8-15-12-32(13-16(15)9-17)11-14-4-6-35-7-5-14/h2-3,10,14-17H,4-9,11-13H2,1H3,(H,29,31)/t15-,16+,17?/i11D2. The number of aromatic nitrogens is 2. The summed E-state index contributed by atoms with van der Waals surface area (Å²) >= 11 is 0. The molecule has 188 valence electrons. The van der Waals surface area contributed by atoms with Gasteiger partial charge in [-0.25, -0.2) is 18.0 Å². The maximum absolute atomic E-state index is 14.5. The summed E-state index contributed by atoms with van der Waals surface area (Å²) in [6.45, 7) is 1.34. The Labute approximate surface area is 204 Å². The van der Waals surface area contributed by atoms with Crippen molar-refractivity contribution >= 4 is 11.8 Å².